The Morgan fingerprint density at radius 3 is 2.68 bits per heavy atom. The third-order valence-electron chi connectivity index (χ3n) is 2.83. The number of rotatable bonds is 5. The fraction of sp³-hybridized carbons (Fsp3) is 0.286. The largest absolute Gasteiger partial charge is 0.383 e. The van der Waals surface area contributed by atoms with Gasteiger partial charge in [0.25, 0.3) is 0 Å². The second-order valence-corrected chi connectivity index (χ2v) is 5.11. The summed E-state index contributed by atoms with van der Waals surface area (Å²) in [5.41, 5.74) is 2.34. The summed E-state index contributed by atoms with van der Waals surface area (Å²) in [7, 11) is 1.63. The van der Waals surface area contributed by atoms with Crippen LogP contribution in [0.2, 0.25) is 0 Å². The monoisotopic (exact) mass is 322 g/mol. The van der Waals surface area contributed by atoms with Crippen LogP contribution in [0.15, 0.2) is 34.9 Å². The fourth-order valence-electron chi connectivity index (χ4n) is 1.78. The molecule has 19 heavy (non-hydrogen) atoms. The highest BCUT2D eigenvalue weighted by Crippen LogP contribution is 2.20. The Morgan fingerprint density at radius 2 is 2.05 bits per heavy atom. The molecular formula is C14H15BrN2O2. The lowest BCUT2D eigenvalue weighted by Gasteiger charge is -2.07. The number of carbonyl (C=O) groups is 1. The third-order valence-corrected chi connectivity index (χ3v) is 3.41. The summed E-state index contributed by atoms with van der Waals surface area (Å²) < 4.78 is 7.39. The average molecular weight is 323 g/mol. The molecule has 100 valence electrons. The van der Waals surface area contributed by atoms with Crippen LogP contribution in [-0.2, 0) is 11.3 Å². The van der Waals surface area contributed by atoms with Gasteiger partial charge in [-0.25, -0.2) is 0 Å². The number of ketones is 1. The van der Waals surface area contributed by atoms with Gasteiger partial charge in [-0.3, -0.25) is 9.48 Å². The highest BCUT2D eigenvalue weighted by atomic mass is 79.9. The van der Waals surface area contributed by atoms with Gasteiger partial charge in [0.1, 0.15) is 5.69 Å². The fourth-order valence-corrected chi connectivity index (χ4v) is 2.25. The number of carbonyl (C=O) groups excluding carboxylic acids is 1. The van der Waals surface area contributed by atoms with E-state index in [4.69, 9.17) is 4.74 Å². The van der Waals surface area contributed by atoms with Gasteiger partial charge in [-0.2, -0.15) is 5.10 Å². The van der Waals surface area contributed by atoms with Crippen LogP contribution in [0.25, 0.3) is 0 Å². The number of ether oxygens (including phenoxy) is 1. The van der Waals surface area contributed by atoms with Gasteiger partial charge in [-0.05, 0) is 22.9 Å². The van der Waals surface area contributed by atoms with E-state index < -0.39 is 0 Å². The standard InChI is InChI=1S/C14H15BrN2O2/c1-10-3-5-11(6-4-10)14(18)13-12(15)9-16-17(13)7-8-19-2/h3-6,9H,7-8H2,1-2H3. The summed E-state index contributed by atoms with van der Waals surface area (Å²) >= 11 is 3.38. The quantitative estimate of drug-likeness (QED) is 0.795. The second kappa shape index (κ2) is 6.12. The molecule has 0 saturated carbocycles. The molecule has 1 aromatic heterocycles. The molecule has 0 saturated heterocycles. The molecule has 0 fully saturated rings. The van der Waals surface area contributed by atoms with E-state index in [-0.39, 0.29) is 5.78 Å². The van der Waals surface area contributed by atoms with Crippen LogP contribution in [0.3, 0.4) is 0 Å². The van der Waals surface area contributed by atoms with Crippen LogP contribution in [0.4, 0.5) is 0 Å². The number of aryl methyl sites for hydroxylation is 1. The zero-order valence-electron chi connectivity index (χ0n) is 10.9. The minimum absolute atomic E-state index is 0.0412. The van der Waals surface area contributed by atoms with E-state index >= 15 is 0 Å². The van der Waals surface area contributed by atoms with Gasteiger partial charge < -0.3 is 4.74 Å². The van der Waals surface area contributed by atoms with Crippen LogP contribution in [0, 0.1) is 6.92 Å². The van der Waals surface area contributed by atoms with Gasteiger partial charge in [-0.1, -0.05) is 29.8 Å². The lowest BCUT2D eigenvalue weighted by Crippen LogP contribution is -2.14. The first-order chi connectivity index (χ1) is 9.13. The van der Waals surface area contributed by atoms with Crippen molar-refractivity contribution in [2.24, 2.45) is 0 Å². The van der Waals surface area contributed by atoms with Gasteiger partial charge in [0.2, 0.25) is 5.78 Å². The van der Waals surface area contributed by atoms with Crippen molar-refractivity contribution in [1.29, 1.82) is 0 Å². The van der Waals surface area contributed by atoms with Crippen molar-refractivity contribution in [2.75, 3.05) is 13.7 Å². The molecule has 0 radical (unpaired) electrons. The molecule has 0 atom stereocenters. The maximum absolute atomic E-state index is 12.5. The van der Waals surface area contributed by atoms with Crippen molar-refractivity contribution < 1.29 is 9.53 Å². The smallest absolute Gasteiger partial charge is 0.212 e. The number of benzene rings is 1. The summed E-state index contributed by atoms with van der Waals surface area (Å²) in [4.78, 5) is 12.5. The summed E-state index contributed by atoms with van der Waals surface area (Å²) in [6.07, 6.45) is 1.64. The number of hydrogen-bond donors (Lipinski definition) is 0. The van der Waals surface area contributed by atoms with Crippen molar-refractivity contribution in [3.63, 3.8) is 0 Å². The number of nitrogens with zero attached hydrogens (tertiary/aromatic N) is 2. The van der Waals surface area contributed by atoms with Crippen LogP contribution >= 0.6 is 15.9 Å². The van der Waals surface area contributed by atoms with E-state index in [1.54, 1.807) is 18.0 Å². The van der Waals surface area contributed by atoms with Gasteiger partial charge in [0.05, 0.1) is 23.8 Å². The highest BCUT2D eigenvalue weighted by Gasteiger charge is 2.18. The molecule has 0 aliphatic heterocycles. The maximum Gasteiger partial charge on any atom is 0.212 e. The number of hydrogen-bond acceptors (Lipinski definition) is 3. The molecule has 0 aliphatic carbocycles. The molecule has 5 heteroatoms. The Balaban J connectivity index is 2.32. The minimum Gasteiger partial charge on any atom is -0.383 e. The molecule has 0 spiro atoms. The van der Waals surface area contributed by atoms with E-state index in [0.29, 0.717) is 28.9 Å². The molecule has 0 N–H and O–H groups in total. The Kier molecular flexibility index (Phi) is 4.50. The first-order valence-corrected chi connectivity index (χ1v) is 6.74. The Bertz CT molecular complexity index is 576. The normalized spacial score (nSPS) is 10.7. The van der Waals surface area contributed by atoms with Crippen LogP contribution < -0.4 is 0 Å². The zero-order chi connectivity index (χ0) is 13.8. The molecule has 0 bridgehead atoms. The highest BCUT2D eigenvalue weighted by molar-refractivity contribution is 9.10. The van der Waals surface area contributed by atoms with E-state index in [0.717, 1.165) is 5.56 Å². The van der Waals surface area contributed by atoms with Crippen LogP contribution in [-0.4, -0.2) is 29.3 Å². The summed E-state index contributed by atoms with van der Waals surface area (Å²) in [6.45, 7) is 3.06. The summed E-state index contributed by atoms with van der Waals surface area (Å²) in [5, 5.41) is 4.19. The summed E-state index contributed by atoms with van der Waals surface area (Å²) in [5.74, 6) is -0.0412. The first kappa shape index (κ1) is 14.0. The van der Waals surface area contributed by atoms with Gasteiger partial charge >= 0.3 is 0 Å². The Hall–Kier alpha value is -1.46. The number of methoxy groups -OCH3 is 1. The molecule has 0 aliphatic rings. The van der Waals surface area contributed by atoms with Gasteiger partial charge in [0, 0.05) is 12.7 Å². The predicted octanol–water partition coefficient (Wildman–Crippen LogP) is 2.83. The number of halogens is 1. The van der Waals surface area contributed by atoms with Gasteiger partial charge in [0.15, 0.2) is 0 Å². The molecule has 1 aromatic carbocycles. The SMILES string of the molecule is COCCn1ncc(Br)c1C(=O)c1ccc(C)cc1. The topological polar surface area (TPSA) is 44.1 Å². The minimum atomic E-state index is -0.0412. The number of aromatic nitrogens is 2. The molecule has 0 amide bonds. The van der Waals surface area contributed by atoms with Crippen LogP contribution in [0.1, 0.15) is 21.6 Å². The average Bonchev–Trinajstić information content (AvgIpc) is 2.77. The Morgan fingerprint density at radius 1 is 1.37 bits per heavy atom. The van der Waals surface area contributed by atoms with Crippen molar-refractivity contribution >= 4 is 21.7 Å². The molecule has 4 nitrogen and oxygen atoms in total. The van der Waals surface area contributed by atoms with Crippen molar-refractivity contribution in [3.05, 3.63) is 51.8 Å². The van der Waals surface area contributed by atoms with Gasteiger partial charge in [-0.15, -0.1) is 0 Å². The Labute approximate surface area is 120 Å². The molecule has 2 aromatic rings. The molecule has 0 unspecified atom stereocenters. The maximum atomic E-state index is 12.5. The van der Waals surface area contributed by atoms with E-state index in [2.05, 4.69) is 21.0 Å². The van der Waals surface area contributed by atoms with E-state index in [1.807, 2.05) is 31.2 Å². The van der Waals surface area contributed by atoms with E-state index in [1.165, 1.54) is 0 Å². The lowest BCUT2D eigenvalue weighted by atomic mass is 10.1. The predicted molar refractivity (Wildman–Crippen MR) is 76.4 cm³/mol. The first-order valence-electron chi connectivity index (χ1n) is 5.95. The lowest BCUT2D eigenvalue weighted by molar-refractivity contribution is 0.102. The zero-order valence-corrected chi connectivity index (χ0v) is 12.5. The van der Waals surface area contributed by atoms with Crippen LogP contribution in [0.5, 0.6) is 0 Å². The second-order valence-electron chi connectivity index (χ2n) is 4.25. The van der Waals surface area contributed by atoms with E-state index in [9.17, 15) is 4.79 Å². The molecule has 1 heterocycles. The van der Waals surface area contributed by atoms with Crippen molar-refractivity contribution in [1.82, 2.24) is 9.78 Å². The molecule has 2 rings (SSSR count). The molecular weight excluding hydrogens is 308 g/mol. The van der Waals surface area contributed by atoms with Crippen molar-refractivity contribution in [3.8, 4) is 0 Å². The van der Waals surface area contributed by atoms with Crippen molar-refractivity contribution in [2.45, 2.75) is 13.5 Å². The summed E-state index contributed by atoms with van der Waals surface area (Å²) in [6, 6.07) is 7.52. The third kappa shape index (κ3) is 3.11.